The van der Waals surface area contributed by atoms with Gasteiger partial charge in [0.15, 0.2) is 5.65 Å². The molecule has 3 aromatic heterocycles. The Hall–Kier alpha value is -4.74. The van der Waals surface area contributed by atoms with Crippen molar-refractivity contribution in [2.45, 2.75) is 19.5 Å². The molecule has 182 valence electrons. The summed E-state index contributed by atoms with van der Waals surface area (Å²) < 4.78 is 46.1. The van der Waals surface area contributed by atoms with E-state index in [0.717, 1.165) is 12.1 Å². The van der Waals surface area contributed by atoms with E-state index in [1.54, 1.807) is 31.2 Å². The zero-order chi connectivity index (χ0) is 25.3. The average Bonchev–Trinajstić information content (AvgIpc) is 3.49. The Balaban J connectivity index is 1.29. The lowest BCUT2D eigenvalue weighted by molar-refractivity contribution is -0.137. The smallest absolute Gasteiger partial charge is 0.416 e. The minimum atomic E-state index is -4.57. The number of nitrogens with one attached hydrogen (secondary N) is 3. The van der Waals surface area contributed by atoms with Crippen LogP contribution in [0.5, 0.6) is 11.6 Å². The Morgan fingerprint density at radius 2 is 1.86 bits per heavy atom. The van der Waals surface area contributed by atoms with Gasteiger partial charge in [-0.2, -0.15) is 18.2 Å². The highest BCUT2D eigenvalue weighted by Crippen LogP contribution is 2.33. The van der Waals surface area contributed by atoms with E-state index in [1.807, 2.05) is 0 Å². The van der Waals surface area contributed by atoms with Crippen molar-refractivity contribution in [2.24, 2.45) is 0 Å². The molecule has 36 heavy (non-hydrogen) atoms. The standard InChI is InChI=1S/C24H18F3N7O2/c1-13-10-28-21(33-13)15-6-14(7-16(9-15)24(25,26)27)8-19(35)34-17-2-4-18(5-3-17)36-23-20-22(30-11-29-20)31-12-32-23/h2-7,9-12H,8H2,1H3,(H,28,33)(H,34,35)(H,29,30,31,32). The van der Waals surface area contributed by atoms with E-state index in [-0.39, 0.29) is 17.5 Å². The first kappa shape index (κ1) is 23.0. The van der Waals surface area contributed by atoms with E-state index in [4.69, 9.17) is 4.74 Å². The monoisotopic (exact) mass is 493 g/mol. The molecule has 5 aromatic rings. The number of carbonyl (C=O) groups excluding carboxylic acids is 1. The number of anilines is 1. The molecule has 0 spiro atoms. The minimum Gasteiger partial charge on any atom is -0.437 e. The van der Waals surface area contributed by atoms with E-state index in [2.05, 4.69) is 35.2 Å². The largest absolute Gasteiger partial charge is 0.437 e. The zero-order valence-electron chi connectivity index (χ0n) is 18.7. The van der Waals surface area contributed by atoms with Crippen molar-refractivity contribution in [3.8, 4) is 23.0 Å². The fraction of sp³-hybridized carbons (Fsp3) is 0.125. The molecule has 12 heteroatoms. The lowest BCUT2D eigenvalue weighted by Crippen LogP contribution is -2.15. The Kier molecular flexibility index (Phi) is 5.84. The van der Waals surface area contributed by atoms with Gasteiger partial charge in [0.1, 0.15) is 23.4 Å². The van der Waals surface area contributed by atoms with Gasteiger partial charge in [-0.25, -0.2) is 15.0 Å². The summed E-state index contributed by atoms with van der Waals surface area (Å²) in [5, 5.41) is 2.69. The van der Waals surface area contributed by atoms with Gasteiger partial charge in [-0.05, 0) is 55.0 Å². The number of benzene rings is 2. The van der Waals surface area contributed by atoms with Gasteiger partial charge >= 0.3 is 6.18 Å². The number of halogens is 3. The number of fused-ring (bicyclic) bond motifs is 1. The SMILES string of the molecule is Cc1cnc(-c2cc(CC(=O)Nc3ccc(Oc4ncnc5nc[nH]c45)cc3)cc(C(F)(F)F)c2)[nH]1. The molecule has 9 nitrogen and oxygen atoms in total. The summed E-state index contributed by atoms with van der Waals surface area (Å²) in [4.78, 5) is 34.7. The molecule has 0 saturated heterocycles. The highest BCUT2D eigenvalue weighted by Gasteiger charge is 2.31. The van der Waals surface area contributed by atoms with E-state index >= 15 is 0 Å². The van der Waals surface area contributed by atoms with Crippen LogP contribution >= 0.6 is 0 Å². The molecule has 1 amide bonds. The molecule has 0 aliphatic carbocycles. The molecule has 5 rings (SSSR count). The Labute approximate surface area is 201 Å². The quantitative estimate of drug-likeness (QED) is 0.305. The van der Waals surface area contributed by atoms with Gasteiger partial charge in [0.25, 0.3) is 0 Å². The summed E-state index contributed by atoms with van der Waals surface area (Å²) in [5.74, 6) is 0.576. The number of amides is 1. The minimum absolute atomic E-state index is 0.207. The van der Waals surface area contributed by atoms with Crippen LogP contribution in [-0.4, -0.2) is 35.8 Å². The highest BCUT2D eigenvalue weighted by atomic mass is 19.4. The van der Waals surface area contributed by atoms with Crippen LogP contribution in [-0.2, 0) is 17.4 Å². The maximum Gasteiger partial charge on any atom is 0.416 e. The molecule has 0 radical (unpaired) electrons. The van der Waals surface area contributed by atoms with Gasteiger partial charge in [-0.3, -0.25) is 4.79 Å². The van der Waals surface area contributed by atoms with Crippen LogP contribution in [0.2, 0.25) is 0 Å². The molecule has 0 fully saturated rings. The fourth-order valence-corrected chi connectivity index (χ4v) is 3.58. The number of rotatable bonds is 6. The van der Waals surface area contributed by atoms with Crippen LogP contribution in [0.15, 0.2) is 61.3 Å². The number of aromatic amines is 2. The van der Waals surface area contributed by atoms with Crippen LogP contribution in [0.3, 0.4) is 0 Å². The lowest BCUT2D eigenvalue weighted by Gasteiger charge is -2.12. The van der Waals surface area contributed by atoms with Crippen molar-refractivity contribution < 1.29 is 22.7 Å². The summed E-state index contributed by atoms with van der Waals surface area (Å²) >= 11 is 0. The van der Waals surface area contributed by atoms with Crippen LogP contribution in [0.25, 0.3) is 22.6 Å². The van der Waals surface area contributed by atoms with Gasteiger partial charge in [-0.1, -0.05) is 0 Å². The van der Waals surface area contributed by atoms with Crippen molar-refractivity contribution in [1.29, 1.82) is 0 Å². The molecule has 3 N–H and O–H groups in total. The number of H-pyrrole nitrogens is 2. The number of aryl methyl sites for hydroxylation is 1. The van der Waals surface area contributed by atoms with E-state index in [0.29, 0.717) is 40.0 Å². The third-order valence-electron chi connectivity index (χ3n) is 5.20. The highest BCUT2D eigenvalue weighted by molar-refractivity contribution is 5.92. The molecular formula is C24H18F3N7O2. The summed E-state index contributed by atoms with van der Waals surface area (Å²) in [6, 6.07) is 9.97. The van der Waals surface area contributed by atoms with Gasteiger partial charge in [0.05, 0.1) is 18.3 Å². The van der Waals surface area contributed by atoms with Crippen LogP contribution in [0.1, 0.15) is 16.8 Å². The van der Waals surface area contributed by atoms with Crippen molar-refractivity contribution in [3.05, 3.63) is 78.1 Å². The third kappa shape index (κ3) is 5.02. The van der Waals surface area contributed by atoms with Crippen molar-refractivity contribution in [1.82, 2.24) is 29.9 Å². The second kappa shape index (κ2) is 9.13. The maximum atomic E-state index is 13.5. The first-order valence-electron chi connectivity index (χ1n) is 10.7. The van der Waals surface area contributed by atoms with Gasteiger partial charge < -0.3 is 20.0 Å². The molecule has 0 bridgehead atoms. The topological polar surface area (TPSA) is 121 Å². The van der Waals surface area contributed by atoms with Gasteiger partial charge in [0, 0.05) is 23.1 Å². The fourth-order valence-electron chi connectivity index (χ4n) is 3.58. The second-order valence-corrected chi connectivity index (χ2v) is 7.96. The Morgan fingerprint density at radius 1 is 1.06 bits per heavy atom. The molecule has 0 atom stereocenters. The Morgan fingerprint density at radius 3 is 2.58 bits per heavy atom. The number of imidazole rings is 2. The second-order valence-electron chi connectivity index (χ2n) is 7.96. The Bertz CT molecular complexity index is 1540. The molecule has 3 heterocycles. The van der Waals surface area contributed by atoms with Crippen LogP contribution < -0.4 is 10.1 Å². The number of aromatic nitrogens is 6. The first-order valence-corrected chi connectivity index (χ1v) is 10.7. The number of hydrogen-bond acceptors (Lipinski definition) is 6. The summed E-state index contributed by atoms with van der Waals surface area (Å²) in [5.41, 5.74) is 1.77. The molecule has 0 aliphatic rings. The van der Waals surface area contributed by atoms with E-state index in [1.165, 1.54) is 24.9 Å². The number of hydrogen-bond donors (Lipinski definition) is 3. The number of nitrogens with zero attached hydrogens (tertiary/aromatic N) is 4. The maximum absolute atomic E-state index is 13.5. The van der Waals surface area contributed by atoms with Gasteiger partial charge in [-0.15, -0.1) is 0 Å². The molecule has 0 aliphatic heterocycles. The predicted octanol–water partition coefficient (Wildman–Crippen LogP) is 5.04. The average molecular weight is 493 g/mol. The molecule has 0 unspecified atom stereocenters. The molecular weight excluding hydrogens is 475 g/mol. The number of carbonyl (C=O) groups is 1. The first-order chi connectivity index (χ1) is 17.2. The van der Waals surface area contributed by atoms with Gasteiger partial charge in [0.2, 0.25) is 11.8 Å². The van der Waals surface area contributed by atoms with Crippen molar-refractivity contribution >= 4 is 22.8 Å². The number of alkyl halides is 3. The zero-order valence-corrected chi connectivity index (χ0v) is 18.7. The third-order valence-corrected chi connectivity index (χ3v) is 5.20. The van der Waals surface area contributed by atoms with Crippen molar-refractivity contribution in [2.75, 3.05) is 5.32 Å². The predicted molar refractivity (Wildman–Crippen MR) is 124 cm³/mol. The molecule has 0 saturated carbocycles. The lowest BCUT2D eigenvalue weighted by atomic mass is 10.0. The van der Waals surface area contributed by atoms with E-state index in [9.17, 15) is 18.0 Å². The van der Waals surface area contributed by atoms with E-state index < -0.39 is 17.6 Å². The van der Waals surface area contributed by atoms with Crippen LogP contribution in [0, 0.1) is 6.92 Å². The number of ether oxygens (including phenoxy) is 1. The van der Waals surface area contributed by atoms with Crippen molar-refractivity contribution in [3.63, 3.8) is 0 Å². The summed E-state index contributed by atoms with van der Waals surface area (Å²) in [6.45, 7) is 1.75. The molecule has 2 aromatic carbocycles. The summed E-state index contributed by atoms with van der Waals surface area (Å²) in [6.07, 6.45) is -0.483. The van der Waals surface area contributed by atoms with Crippen LogP contribution in [0.4, 0.5) is 18.9 Å². The normalized spacial score (nSPS) is 11.6. The summed E-state index contributed by atoms with van der Waals surface area (Å²) in [7, 11) is 0.